The molecule has 6 nitrogen and oxygen atoms in total. The molecule has 0 aromatic rings. The summed E-state index contributed by atoms with van der Waals surface area (Å²) in [7, 11) is 1.74. The molecule has 0 fully saturated rings. The zero-order valence-corrected chi connectivity index (χ0v) is 17.0. The number of guanidine groups is 1. The largest absolute Gasteiger partial charge is 0.382 e. The van der Waals surface area contributed by atoms with Crippen LogP contribution < -0.4 is 16.0 Å². The SMILES string of the molecule is CCOCCCCNC(=NC)NCCNC(=O)C(C)(C)C.I. The van der Waals surface area contributed by atoms with Gasteiger partial charge >= 0.3 is 0 Å². The molecule has 3 N–H and O–H groups in total. The second-order valence-corrected chi connectivity index (χ2v) is 5.84. The number of hydrogen-bond donors (Lipinski definition) is 3. The summed E-state index contributed by atoms with van der Waals surface area (Å²) in [4.78, 5) is 15.8. The Hall–Kier alpha value is -0.570. The molecule has 0 bridgehead atoms. The second kappa shape index (κ2) is 14.0. The van der Waals surface area contributed by atoms with Crippen LogP contribution in [0.15, 0.2) is 4.99 Å². The van der Waals surface area contributed by atoms with Crippen LogP contribution in [0.4, 0.5) is 0 Å². The fourth-order valence-corrected chi connectivity index (χ4v) is 1.52. The number of amides is 1. The first-order chi connectivity index (χ1) is 9.91. The summed E-state index contributed by atoms with van der Waals surface area (Å²) in [6.45, 7) is 11.4. The number of ether oxygens (including phenoxy) is 1. The third-order valence-corrected chi connectivity index (χ3v) is 2.82. The van der Waals surface area contributed by atoms with Gasteiger partial charge in [-0.2, -0.15) is 0 Å². The Balaban J connectivity index is 0. The van der Waals surface area contributed by atoms with Gasteiger partial charge in [-0.1, -0.05) is 20.8 Å². The molecular weight excluding hydrogens is 395 g/mol. The smallest absolute Gasteiger partial charge is 0.225 e. The highest BCUT2D eigenvalue weighted by Gasteiger charge is 2.20. The van der Waals surface area contributed by atoms with Crippen LogP contribution in [0.3, 0.4) is 0 Å². The summed E-state index contributed by atoms with van der Waals surface area (Å²) in [6, 6.07) is 0. The van der Waals surface area contributed by atoms with Crippen LogP contribution >= 0.6 is 24.0 Å². The molecule has 22 heavy (non-hydrogen) atoms. The third kappa shape index (κ3) is 13.1. The average Bonchev–Trinajstić information content (AvgIpc) is 2.43. The molecule has 0 heterocycles. The molecule has 0 saturated heterocycles. The Bertz CT molecular complexity index is 317. The number of hydrogen-bond acceptors (Lipinski definition) is 3. The minimum absolute atomic E-state index is 0. The molecule has 0 unspecified atom stereocenters. The monoisotopic (exact) mass is 428 g/mol. The van der Waals surface area contributed by atoms with Crippen molar-refractivity contribution in [3.63, 3.8) is 0 Å². The Kier molecular flexibility index (Phi) is 15.1. The van der Waals surface area contributed by atoms with Crippen LogP contribution in [0.25, 0.3) is 0 Å². The number of aliphatic imine (C=N–C) groups is 1. The van der Waals surface area contributed by atoms with E-state index >= 15 is 0 Å². The van der Waals surface area contributed by atoms with E-state index in [1.54, 1.807) is 7.05 Å². The molecule has 0 aliphatic rings. The fraction of sp³-hybridized carbons (Fsp3) is 0.867. The van der Waals surface area contributed by atoms with Gasteiger partial charge in [0.2, 0.25) is 5.91 Å². The van der Waals surface area contributed by atoms with E-state index < -0.39 is 0 Å². The number of nitrogens with zero attached hydrogens (tertiary/aromatic N) is 1. The fourth-order valence-electron chi connectivity index (χ4n) is 1.52. The van der Waals surface area contributed by atoms with Gasteiger partial charge in [-0.25, -0.2) is 0 Å². The third-order valence-electron chi connectivity index (χ3n) is 2.82. The summed E-state index contributed by atoms with van der Waals surface area (Å²) in [5, 5.41) is 9.30. The van der Waals surface area contributed by atoms with Crippen molar-refractivity contribution >= 4 is 35.8 Å². The summed E-state index contributed by atoms with van der Waals surface area (Å²) in [5.74, 6) is 0.819. The number of rotatable bonds is 9. The van der Waals surface area contributed by atoms with E-state index in [0.29, 0.717) is 13.1 Å². The first-order valence-electron chi connectivity index (χ1n) is 7.72. The normalized spacial score (nSPS) is 11.6. The van der Waals surface area contributed by atoms with Gasteiger partial charge in [0.05, 0.1) is 0 Å². The number of unbranched alkanes of at least 4 members (excludes halogenated alkanes) is 1. The van der Waals surface area contributed by atoms with E-state index in [9.17, 15) is 4.79 Å². The van der Waals surface area contributed by atoms with Gasteiger partial charge in [-0.05, 0) is 19.8 Å². The molecule has 0 aliphatic heterocycles. The Morgan fingerprint density at radius 2 is 1.64 bits per heavy atom. The number of carbonyl (C=O) groups excluding carboxylic acids is 1. The summed E-state index contributed by atoms with van der Waals surface area (Å²) in [6.07, 6.45) is 2.08. The maximum atomic E-state index is 11.7. The zero-order valence-electron chi connectivity index (χ0n) is 14.6. The minimum atomic E-state index is -0.347. The van der Waals surface area contributed by atoms with Crippen molar-refractivity contribution in [2.24, 2.45) is 10.4 Å². The first-order valence-corrected chi connectivity index (χ1v) is 7.72. The van der Waals surface area contributed by atoms with E-state index in [-0.39, 0.29) is 35.3 Å². The van der Waals surface area contributed by atoms with Crippen LogP contribution in [0.5, 0.6) is 0 Å². The Morgan fingerprint density at radius 3 is 2.18 bits per heavy atom. The lowest BCUT2D eigenvalue weighted by Crippen LogP contribution is -2.43. The molecular formula is C15H33IN4O2. The lowest BCUT2D eigenvalue weighted by Gasteiger charge is -2.18. The van der Waals surface area contributed by atoms with Crippen molar-refractivity contribution in [2.75, 3.05) is 39.9 Å². The molecule has 0 atom stereocenters. The molecule has 1 amide bonds. The molecule has 7 heteroatoms. The Labute approximate surface area is 152 Å². The quantitative estimate of drug-likeness (QED) is 0.227. The van der Waals surface area contributed by atoms with E-state index in [0.717, 1.165) is 38.6 Å². The molecule has 0 radical (unpaired) electrons. The maximum absolute atomic E-state index is 11.7. The standard InChI is InChI=1S/C15H32N4O2.HI/c1-6-21-12-8-7-9-18-14(16-5)19-11-10-17-13(20)15(2,3)4;/h6-12H2,1-5H3,(H,17,20)(H2,16,18,19);1H. The topological polar surface area (TPSA) is 74.8 Å². The molecule has 0 rings (SSSR count). The number of carbonyl (C=O) groups is 1. The molecule has 0 spiro atoms. The molecule has 0 aromatic carbocycles. The number of halogens is 1. The predicted molar refractivity (Wildman–Crippen MR) is 103 cm³/mol. The zero-order chi connectivity index (χ0) is 16.1. The lowest BCUT2D eigenvalue weighted by atomic mass is 9.96. The predicted octanol–water partition coefficient (Wildman–Crippen LogP) is 1.75. The van der Waals surface area contributed by atoms with Crippen molar-refractivity contribution in [2.45, 2.75) is 40.5 Å². The summed E-state index contributed by atoms with van der Waals surface area (Å²) in [5.41, 5.74) is -0.347. The van der Waals surface area contributed by atoms with Gasteiger partial charge in [0, 0.05) is 45.3 Å². The molecule has 0 saturated carbocycles. The first kappa shape index (κ1) is 23.7. The molecule has 132 valence electrons. The van der Waals surface area contributed by atoms with Crippen LogP contribution in [0.2, 0.25) is 0 Å². The van der Waals surface area contributed by atoms with E-state index in [1.165, 1.54) is 0 Å². The van der Waals surface area contributed by atoms with Gasteiger partial charge in [0.25, 0.3) is 0 Å². The van der Waals surface area contributed by atoms with Crippen molar-refractivity contribution in [3.8, 4) is 0 Å². The van der Waals surface area contributed by atoms with Crippen molar-refractivity contribution in [1.29, 1.82) is 0 Å². The highest BCUT2D eigenvalue weighted by atomic mass is 127. The van der Waals surface area contributed by atoms with Crippen LogP contribution in [0, 0.1) is 5.41 Å². The minimum Gasteiger partial charge on any atom is -0.382 e. The van der Waals surface area contributed by atoms with E-state index in [2.05, 4.69) is 20.9 Å². The molecule has 0 aliphatic carbocycles. The van der Waals surface area contributed by atoms with Gasteiger partial charge in [0.15, 0.2) is 5.96 Å². The van der Waals surface area contributed by atoms with Gasteiger partial charge in [-0.3, -0.25) is 9.79 Å². The molecule has 0 aromatic heterocycles. The van der Waals surface area contributed by atoms with Crippen LogP contribution in [0.1, 0.15) is 40.5 Å². The van der Waals surface area contributed by atoms with Crippen LogP contribution in [-0.4, -0.2) is 51.8 Å². The van der Waals surface area contributed by atoms with Gasteiger partial charge in [0.1, 0.15) is 0 Å². The average molecular weight is 428 g/mol. The maximum Gasteiger partial charge on any atom is 0.225 e. The Morgan fingerprint density at radius 1 is 1.05 bits per heavy atom. The van der Waals surface area contributed by atoms with Gasteiger partial charge < -0.3 is 20.7 Å². The second-order valence-electron chi connectivity index (χ2n) is 5.84. The highest BCUT2D eigenvalue weighted by Crippen LogP contribution is 2.11. The van der Waals surface area contributed by atoms with E-state index in [4.69, 9.17) is 4.74 Å². The van der Waals surface area contributed by atoms with Crippen molar-refractivity contribution < 1.29 is 9.53 Å². The number of nitrogens with one attached hydrogen (secondary N) is 3. The summed E-state index contributed by atoms with van der Waals surface area (Å²) >= 11 is 0. The van der Waals surface area contributed by atoms with Crippen molar-refractivity contribution in [3.05, 3.63) is 0 Å². The lowest BCUT2D eigenvalue weighted by molar-refractivity contribution is -0.128. The van der Waals surface area contributed by atoms with Gasteiger partial charge in [-0.15, -0.1) is 24.0 Å². The van der Waals surface area contributed by atoms with Crippen LogP contribution in [-0.2, 0) is 9.53 Å². The highest BCUT2D eigenvalue weighted by molar-refractivity contribution is 14.0. The summed E-state index contributed by atoms with van der Waals surface area (Å²) < 4.78 is 5.28. The van der Waals surface area contributed by atoms with Crippen molar-refractivity contribution in [1.82, 2.24) is 16.0 Å². The van der Waals surface area contributed by atoms with E-state index in [1.807, 2.05) is 27.7 Å².